The number of likely N-dealkylation sites (N-methyl/N-ethyl adjacent to an activating group) is 1. The lowest BCUT2D eigenvalue weighted by atomic mass is 10.3. The zero-order valence-corrected chi connectivity index (χ0v) is 16.8. The zero-order chi connectivity index (χ0) is 15.3. The van der Waals surface area contributed by atoms with Crippen molar-refractivity contribution in [1.29, 1.82) is 0 Å². The molecular weight excluding hydrogens is 393 g/mol. The molecule has 1 aliphatic heterocycles. The molecule has 0 aromatic heterocycles. The van der Waals surface area contributed by atoms with E-state index < -0.39 is 0 Å². The van der Waals surface area contributed by atoms with Gasteiger partial charge in [-0.3, -0.25) is 9.89 Å². The molecule has 22 heavy (non-hydrogen) atoms. The van der Waals surface area contributed by atoms with Gasteiger partial charge in [-0.25, -0.2) is 0 Å². The quantitative estimate of drug-likeness (QED) is 0.247. The fourth-order valence-electron chi connectivity index (χ4n) is 2.17. The summed E-state index contributed by atoms with van der Waals surface area (Å²) in [5.41, 5.74) is 0. The van der Waals surface area contributed by atoms with Crippen LogP contribution in [0.2, 0.25) is 0 Å². The predicted molar refractivity (Wildman–Crippen MR) is 104 cm³/mol. The third kappa shape index (κ3) is 10.6. The number of nitrogens with one attached hydrogen (secondary N) is 2. The molecule has 0 aromatic carbocycles. The van der Waals surface area contributed by atoms with Crippen LogP contribution in [0.3, 0.4) is 0 Å². The van der Waals surface area contributed by atoms with E-state index >= 15 is 0 Å². The maximum absolute atomic E-state index is 5.36. The lowest BCUT2D eigenvalue weighted by molar-refractivity contribution is 0.0377. The molecule has 0 bridgehead atoms. The number of rotatable bonds is 9. The molecule has 0 radical (unpaired) electrons. The largest absolute Gasteiger partial charge is 0.379 e. The summed E-state index contributed by atoms with van der Waals surface area (Å²) in [4.78, 5) is 9.38. The summed E-state index contributed by atoms with van der Waals surface area (Å²) < 4.78 is 5.36. The van der Waals surface area contributed by atoms with Crippen molar-refractivity contribution >= 4 is 29.9 Å². The van der Waals surface area contributed by atoms with Crippen molar-refractivity contribution in [3.63, 3.8) is 0 Å². The molecule has 6 nitrogen and oxygen atoms in total. The van der Waals surface area contributed by atoms with Crippen molar-refractivity contribution in [2.75, 3.05) is 72.6 Å². The Labute approximate surface area is 153 Å². The average Bonchev–Trinajstić information content (AvgIpc) is 2.52. The van der Waals surface area contributed by atoms with Crippen molar-refractivity contribution in [2.45, 2.75) is 20.3 Å². The van der Waals surface area contributed by atoms with E-state index in [-0.39, 0.29) is 24.0 Å². The number of halogens is 1. The molecule has 0 amide bonds. The number of hydrogen-bond acceptors (Lipinski definition) is 4. The van der Waals surface area contributed by atoms with E-state index in [1.165, 1.54) is 0 Å². The fourth-order valence-corrected chi connectivity index (χ4v) is 2.17. The Balaban J connectivity index is 0.00000441. The van der Waals surface area contributed by atoms with Crippen LogP contribution in [0.1, 0.15) is 20.3 Å². The summed E-state index contributed by atoms with van der Waals surface area (Å²) in [5.74, 6) is 0.934. The van der Waals surface area contributed by atoms with Crippen molar-refractivity contribution < 1.29 is 4.74 Å². The van der Waals surface area contributed by atoms with Crippen molar-refractivity contribution in [3.05, 3.63) is 0 Å². The number of nitrogens with zero attached hydrogens (tertiary/aromatic N) is 3. The lowest BCUT2D eigenvalue weighted by Crippen LogP contribution is -2.41. The second-order valence-corrected chi connectivity index (χ2v) is 5.39. The Hall–Kier alpha value is -0.120. The van der Waals surface area contributed by atoms with Gasteiger partial charge in [0.2, 0.25) is 0 Å². The van der Waals surface area contributed by atoms with Crippen LogP contribution in [0.25, 0.3) is 0 Å². The monoisotopic (exact) mass is 427 g/mol. The topological polar surface area (TPSA) is 52.1 Å². The van der Waals surface area contributed by atoms with E-state index in [0.29, 0.717) is 0 Å². The third-order valence-corrected chi connectivity index (χ3v) is 3.68. The molecule has 1 fully saturated rings. The Bertz CT molecular complexity index is 285. The van der Waals surface area contributed by atoms with Crippen molar-refractivity contribution in [3.8, 4) is 0 Å². The predicted octanol–water partition coefficient (Wildman–Crippen LogP) is 0.834. The number of ether oxygens (including phenoxy) is 1. The maximum Gasteiger partial charge on any atom is 0.191 e. The Morgan fingerprint density at radius 3 is 2.59 bits per heavy atom. The molecule has 7 heteroatoms. The molecule has 0 saturated carbocycles. The van der Waals surface area contributed by atoms with Gasteiger partial charge in [-0.2, -0.15) is 0 Å². The van der Waals surface area contributed by atoms with Crippen LogP contribution < -0.4 is 10.6 Å². The van der Waals surface area contributed by atoms with Gasteiger partial charge in [0, 0.05) is 45.8 Å². The van der Waals surface area contributed by atoms with Crippen LogP contribution in [0.4, 0.5) is 0 Å². The van der Waals surface area contributed by atoms with Crippen molar-refractivity contribution in [1.82, 2.24) is 20.4 Å². The van der Waals surface area contributed by atoms with E-state index in [2.05, 4.69) is 46.3 Å². The minimum Gasteiger partial charge on any atom is -0.379 e. The molecule has 1 saturated heterocycles. The first-order valence-electron chi connectivity index (χ1n) is 8.27. The first-order valence-corrected chi connectivity index (χ1v) is 8.27. The van der Waals surface area contributed by atoms with E-state index in [0.717, 1.165) is 78.0 Å². The highest BCUT2D eigenvalue weighted by molar-refractivity contribution is 14.0. The first-order chi connectivity index (χ1) is 10.3. The van der Waals surface area contributed by atoms with Gasteiger partial charge in [0.05, 0.1) is 13.2 Å². The molecule has 1 aliphatic rings. The summed E-state index contributed by atoms with van der Waals surface area (Å²) in [6.07, 6.45) is 1.10. The van der Waals surface area contributed by atoms with Gasteiger partial charge in [0.15, 0.2) is 5.96 Å². The number of hydrogen-bond donors (Lipinski definition) is 2. The zero-order valence-electron chi connectivity index (χ0n) is 14.4. The van der Waals surface area contributed by atoms with Crippen LogP contribution in [0.15, 0.2) is 4.99 Å². The van der Waals surface area contributed by atoms with Crippen molar-refractivity contribution in [2.24, 2.45) is 4.99 Å². The number of guanidine groups is 1. The van der Waals surface area contributed by atoms with E-state index in [9.17, 15) is 0 Å². The van der Waals surface area contributed by atoms with Gasteiger partial charge >= 0.3 is 0 Å². The molecule has 0 aromatic rings. The highest BCUT2D eigenvalue weighted by Crippen LogP contribution is 1.97. The summed E-state index contributed by atoms with van der Waals surface area (Å²) in [6.45, 7) is 14.1. The summed E-state index contributed by atoms with van der Waals surface area (Å²) in [6, 6.07) is 0. The molecule has 1 heterocycles. The van der Waals surface area contributed by atoms with Gasteiger partial charge in [0.25, 0.3) is 0 Å². The van der Waals surface area contributed by atoms with Gasteiger partial charge < -0.3 is 20.3 Å². The number of morpholine rings is 1. The van der Waals surface area contributed by atoms with Gasteiger partial charge in [-0.1, -0.05) is 6.92 Å². The van der Waals surface area contributed by atoms with Gasteiger partial charge in [-0.05, 0) is 26.9 Å². The SMILES string of the molecule is CCNC(=NCCCN1CCOCC1)NCCN(C)CC.I. The van der Waals surface area contributed by atoms with Crippen LogP contribution in [0, 0.1) is 0 Å². The second kappa shape index (κ2) is 14.5. The summed E-state index contributed by atoms with van der Waals surface area (Å²) >= 11 is 0. The summed E-state index contributed by atoms with van der Waals surface area (Å²) in [5, 5.41) is 6.69. The van der Waals surface area contributed by atoms with E-state index in [4.69, 9.17) is 4.74 Å². The van der Waals surface area contributed by atoms with Crippen LogP contribution in [-0.2, 0) is 4.74 Å². The molecule has 0 aliphatic carbocycles. The molecule has 0 unspecified atom stereocenters. The molecule has 0 atom stereocenters. The molecule has 0 spiro atoms. The highest BCUT2D eigenvalue weighted by atomic mass is 127. The van der Waals surface area contributed by atoms with E-state index in [1.54, 1.807) is 0 Å². The van der Waals surface area contributed by atoms with Crippen LogP contribution >= 0.6 is 24.0 Å². The first kappa shape index (κ1) is 21.9. The number of aliphatic imine (C=N–C) groups is 1. The molecule has 132 valence electrons. The summed E-state index contributed by atoms with van der Waals surface area (Å²) in [7, 11) is 2.13. The maximum atomic E-state index is 5.36. The molecular formula is C15H34IN5O. The second-order valence-electron chi connectivity index (χ2n) is 5.39. The van der Waals surface area contributed by atoms with Gasteiger partial charge in [0.1, 0.15) is 0 Å². The Morgan fingerprint density at radius 1 is 1.23 bits per heavy atom. The van der Waals surface area contributed by atoms with E-state index in [1.807, 2.05) is 0 Å². The Morgan fingerprint density at radius 2 is 1.95 bits per heavy atom. The average molecular weight is 427 g/mol. The van der Waals surface area contributed by atoms with Gasteiger partial charge in [-0.15, -0.1) is 24.0 Å². The lowest BCUT2D eigenvalue weighted by Gasteiger charge is -2.26. The van der Waals surface area contributed by atoms with Crippen LogP contribution in [0.5, 0.6) is 0 Å². The minimum atomic E-state index is 0. The standard InChI is InChI=1S/C15H33N5O.HI/c1-4-16-15(18-8-10-19(3)5-2)17-7-6-9-20-11-13-21-14-12-20;/h4-14H2,1-3H3,(H2,16,17,18);1H. The fraction of sp³-hybridized carbons (Fsp3) is 0.933. The minimum absolute atomic E-state index is 0. The third-order valence-electron chi connectivity index (χ3n) is 3.68. The molecule has 1 rings (SSSR count). The smallest absolute Gasteiger partial charge is 0.191 e. The Kier molecular flexibility index (Phi) is 14.4. The molecule has 2 N–H and O–H groups in total. The normalized spacial score (nSPS) is 16.5. The van der Waals surface area contributed by atoms with Crippen LogP contribution in [-0.4, -0.2) is 88.4 Å². The highest BCUT2D eigenvalue weighted by Gasteiger charge is 2.08.